The predicted molar refractivity (Wildman–Crippen MR) is 115 cm³/mol. The van der Waals surface area contributed by atoms with Gasteiger partial charge in [0.25, 0.3) is 0 Å². The Labute approximate surface area is 186 Å². The van der Waals surface area contributed by atoms with E-state index in [0.29, 0.717) is 18.7 Å². The second-order valence-electron chi connectivity index (χ2n) is 7.21. The monoisotopic (exact) mass is 446 g/mol. The molecule has 1 aromatic carbocycles. The number of rotatable bonds is 3. The zero-order chi connectivity index (χ0) is 22.9. The third-order valence-electron chi connectivity index (χ3n) is 5.27. The van der Waals surface area contributed by atoms with Crippen LogP contribution in [0.25, 0.3) is 16.9 Å². The van der Waals surface area contributed by atoms with Crippen molar-refractivity contribution < 1.29 is 18.4 Å². The number of nitrogens with one attached hydrogen (secondary N) is 1. The standard InChI is InChI=1S/C23H16F2N6O2/c1-2-16-22(30-19(28-16)6-4-11-27-30)20-15(24)7-8-17(21(20)25)29-23(32)31-18(9-12-33-31)14-5-3-10-26-13-14/h1,3-8,10-11,13,18H,9,12H2,(H,29,32). The number of benzene rings is 1. The molecule has 8 nitrogen and oxygen atoms in total. The number of carbonyl (C=O) groups is 1. The van der Waals surface area contributed by atoms with E-state index in [0.717, 1.165) is 22.8 Å². The van der Waals surface area contributed by atoms with Crippen LogP contribution in [0.4, 0.5) is 19.3 Å². The lowest BCUT2D eigenvalue weighted by Gasteiger charge is -2.23. The lowest BCUT2D eigenvalue weighted by atomic mass is 10.1. The Bertz CT molecular complexity index is 1400. The van der Waals surface area contributed by atoms with Crippen LogP contribution in [0.15, 0.2) is 55.0 Å². The molecule has 1 unspecified atom stereocenters. The number of carbonyl (C=O) groups excluding carboxylic acids is 1. The highest BCUT2D eigenvalue weighted by atomic mass is 19.1. The van der Waals surface area contributed by atoms with Crippen molar-refractivity contribution in [1.29, 1.82) is 0 Å². The van der Waals surface area contributed by atoms with E-state index in [-0.39, 0.29) is 17.1 Å². The normalized spacial score (nSPS) is 15.5. The number of hydrogen-bond acceptors (Lipinski definition) is 5. The van der Waals surface area contributed by atoms with Crippen LogP contribution in [0.5, 0.6) is 0 Å². The van der Waals surface area contributed by atoms with E-state index in [2.05, 4.69) is 26.3 Å². The van der Waals surface area contributed by atoms with Crippen LogP contribution >= 0.6 is 0 Å². The molecule has 0 saturated carbocycles. The number of halogens is 2. The van der Waals surface area contributed by atoms with Crippen molar-refractivity contribution in [1.82, 2.24) is 24.6 Å². The predicted octanol–water partition coefficient (Wildman–Crippen LogP) is 3.96. The van der Waals surface area contributed by atoms with Gasteiger partial charge in [-0.2, -0.15) is 10.2 Å². The number of hydrogen-bond donors (Lipinski definition) is 1. The van der Waals surface area contributed by atoms with Crippen LogP contribution in [-0.2, 0) is 4.84 Å². The Morgan fingerprint density at radius 3 is 2.85 bits per heavy atom. The van der Waals surface area contributed by atoms with Gasteiger partial charge in [-0.15, -0.1) is 6.42 Å². The molecule has 5 rings (SSSR count). The number of pyridine rings is 1. The molecular formula is C23H16F2N6O2. The van der Waals surface area contributed by atoms with Crippen molar-refractivity contribution in [3.05, 3.63) is 77.9 Å². The van der Waals surface area contributed by atoms with E-state index >= 15 is 4.39 Å². The summed E-state index contributed by atoms with van der Waals surface area (Å²) in [7, 11) is 0. The van der Waals surface area contributed by atoms with Gasteiger partial charge >= 0.3 is 6.03 Å². The number of nitrogens with zero attached hydrogens (tertiary/aromatic N) is 5. The Kier molecular flexibility index (Phi) is 5.16. The number of aromatic nitrogens is 4. The average molecular weight is 446 g/mol. The molecule has 2 amide bonds. The summed E-state index contributed by atoms with van der Waals surface area (Å²) in [5.41, 5.74) is 0.419. The topological polar surface area (TPSA) is 84.7 Å². The molecule has 0 bridgehead atoms. The fourth-order valence-electron chi connectivity index (χ4n) is 3.80. The fourth-order valence-corrected chi connectivity index (χ4v) is 3.80. The lowest BCUT2D eigenvalue weighted by Crippen LogP contribution is -2.33. The van der Waals surface area contributed by atoms with Crippen LogP contribution in [0.2, 0.25) is 0 Å². The molecule has 0 spiro atoms. The Hall–Kier alpha value is -4.36. The molecule has 1 atom stereocenters. The van der Waals surface area contributed by atoms with Gasteiger partial charge in [0, 0.05) is 25.0 Å². The van der Waals surface area contributed by atoms with E-state index in [4.69, 9.17) is 11.3 Å². The first-order chi connectivity index (χ1) is 16.1. The minimum absolute atomic E-state index is 0.0227. The summed E-state index contributed by atoms with van der Waals surface area (Å²) in [5.74, 6) is 0.455. The molecule has 164 valence electrons. The third-order valence-corrected chi connectivity index (χ3v) is 5.27. The third kappa shape index (κ3) is 3.54. The number of urea groups is 1. The van der Waals surface area contributed by atoms with Crippen molar-refractivity contribution >= 4 is 17.4 Å². The van der Waals surface area contributed by atoms with Crippen LogP contribution in [0, 0.1) is 24.0 Å². The SMILES string of the molecule is C#Cc1nc2cccnn2c1-c1c(F)ccc(NC(=O)N2OCCC2c2cccnc2)c1F. The molecule has 1 fully saturated rings. The summed E-state index contributed by atoms with van der Waals surface area (Å²) in [6.07, 6.45) is 10.8. The van der Waals surface area contributed by atoms with Gasteiger partial charge in [0.1, 0.15) is 17.2 Å². The molecule has 4 aromatic rings. The highest BCUT2D eigenvalue weighted by molar-refractivity contribution is 5.90. The van der Waals surface area contributed by atoms with Gasteiger partial charge in [-0.25, -0.2) is 23.1 Å². The number of amides is 2. The Morgan fingerprint density at radius 2 is 2.06 bits per heavy atom. The highest BCUT2D eigenvalue weighted by Gasteiger charge is 2.33. The Balaban J connectivity index is 1.52. The number of imidazole rings is 1. The molecule has 1 aliphatic heterocycles. The van der Waals surface area contributed by atoms with E-state index in [1.165, 1.54) is 10.7 Å². The molecular weight excluding hydrogens is 430 g/mol. The van der Waals surface area contributed by atoms with Gasteiger partial charge < -0.3 is 5.32 Å². The van der Waals surface area contributed by atoms with Gasteiger partial charge in [0.15, 0.2) is 11.5 Å². The summed E-state index contributed by atoms with van der Waals surface area (Å²) >= 11 is 0. The molecule has 4 heterocycles. The van der Waals surface area contributed by atoms with E-state index in [1.807, 2.05) is 6.07 Å². The fraction of sp³-hybridized carbons (Fsp3) is 0.130. The van der Waals surface area contributed by atoms with Gasteiger partial charge in [0.2, 0.25) is 0 Å². The molecule has 10 heteroatoms. The number of hydroxylamine groups is 2. The summed E-state index contributed by atoms with van der Waals surface area (Å²) < 4.78 is 31.6. The smallest absolute Gasteiger partial charge is 0.303 e. The lowest BCUT2D eigenvalue weighted by molar-refractivity contribution is -0.0830. The van der Waals surface area contributed by atoms with Crippen LogP contribution in [-0.4, -0.2) is 37.3 Å². The quantitative estimate of drug-likeness (QED) is 0.482. The highest BCUT2D eigenvalue weighted by Crippen LogP contribution is 2.34. The molecule has 1 saturated heterocycles. The average Bonchev–Trinajstić information content (AvgIpc) is 3.47. The minimum Gasteiger partial charge on any atom is -0.303 e. The first-order valence-corrected chi connectivity index (χ1v) is 10.00. The summed E-state index contributed by atoms with van der Waals surface area (Å²) in [5, 5.41) is 7.70. The van der Waals surface area contributed by atoms with Crippen LogP contribution < -0.4 is 5.32 Å². The molecule has 0 radical (unpaired) electrons. The van der Waals surface area contributed by atoms with E-state index < -0.39 is 29.3 Å². The van der Waals surface area contributed by atoms with Crippen molar-refractivity contribution in [2.24, 2.45) is 0 Å². The first-order valence-electron chi connectivity index (χ1n) is 10.00. The zero-order valence-electron chi connectivity index (χ0n) is 17.1. The van der Waals surface area contributed by atoms with Crippen molar-refractivity contribution in [2.45, 2.75) is 12.5 Å². The van der Waals surface area contributed by atoms with E-state index in [9.17, 15) is 9.18 Å². The maximum atomic E-state index is 15.5. The van der Waals surface area contributed by atoms with Gasteiger partial charge in [-0.05, 0) is 41.8 Å². The summed E-state index contributed by atoms with van der Waals surface area (Å²) in [4.78, 5) is 26.6. The summed E-state index contributed by atoms with van der Waals surface area (Å²) in [6, 6.07) is 7.90. The number of terminal acetylenes is 1. The largest absolute Gasteiger partial charge is 0.346 e. The van der Waals surface area contributed by atoms with Crippen LogP contribution in [0.3, 0.4) is 0 Å². The second kappa shape index (κ2) is 8.29. The van der Waals surface area contributed by atoms with Crippen molar-refractivity contribution in [3.8, 4) is 23.6 Å². The van der Waals surface area contributed by atoms with Crippen LogP contribution in [0.1, 0.15) is 23.7 Å². The summed E-state index contributed by atoms with van der Waals surface area (Å²) in [6.45, 7) is 0.309. The molecule has 1 aliphatic rings. The van der Waals surface area contributed by atoms with Gasteiger partial charge in [-0.1, -0.05) is 6.07 Å². The van der Waals surface area contributed by atoms with Crippen molar-refractivity contribution in [3.63, 3.8) is 0 Å². The van der Waals surface area contributed by atoms with Gasteiger partial charge in [0.05, 0.1) is 23.9 Å². The zero-order valence-corrected chi connectivity index (χ0v) is 17.1. The molecule has 0 aliphatic carbocycles. The van der Waals surface area contributed by atoms with E-state index in [1.54, 1.807) is 30.6 Å². The maximum Gasteiger partial charge on any atom is 0.346 e. The number of anilines is 1. The molecule has 33 heavy (non-hydrogen) atoms. The van der Waals surface area contributed by atoms with Crippen molar-refractivity contribution in [2.75, 3.05) is 11.9 Å². The first kappa shape index (κ1) is 20.5. The second-order valence-corrected chi connectivity index (χ2v) is 7.21. The molecule has 3 aromatic heterocycles. The maximum absolute atomic E-state index is 15.5. The molecule has 1 N–H and O–H groups in total. The van der Waals surface area contributed by atoms with Gasteiger partial charge in [-0.3, -0.25) is 9.82 Å². The minimum atomic E-state index is -1.01. The Morgan fingerprint density at radius 1 is 1.21 bits per heavy atom. The number of fused-ring (bicyclic) bond motifs is 1.